The van der Waals surface area contributed by atoms with Gasteiger partial charge in [-0.3, -0.25) is 9.78 Å². The third-order valence-corrected chi connectivity index (χ3v) is 2.47. The van der Waals surface area contributed by atoms with Crippen molar-refractivity contribution in [2.45, 2.75) is 26.8 Å². The first-order valence-corrected chi connectivity index (χ1v) is 5.38. The number of carbonyl (C=O) groups excluding carboxylic acids is 1. The number of rotatable bonds is 4. The highest BCUT2D eigenvalue weighted by atomic mass is 16.4. The van der Waals surface area contributed by atoms with Gasteiger partial charge in [-0.05, 0) is 25.0 Å². The molecule has 1 heterocycles. The van der Waals surface area contributed by atoms with Crippen LogP contribution in [0.4, 0.5) is 0 Å². The van der Waals surface area contributed by atoms with Crippen LogP contribution in [0.15, 0.2) is 18.3 Å². The van der Waals surface area contributed by atoms with Crippen LogP contribution in [0.3, 0.4) is 0 Å². The number of carbonyl (C=O) groups is 2. The summed E-state index contributed by atoms with van der Waals surface area (Å²) in [6.07, 6.45) is 1.59. The SMILES string of the molecule is Cc1ncccc1C(=O)NC(C(=O)O)C(C)C. The van der Waals surface area contributed by atoms with Gasteiger partial charge in [-0.15, -0.1) is 0 Å². The Morgan fingerprint density at radius 3 is 2.53 bits per heavy atom. The molecule has 1 aromatic heterocycles. The zero-order valence-electron chi connectivity index (χ0n) is 10.1. The number of amides is 1. The normalized spacial score (nSPS) is 12.2. The van der Waals surface area contributed by atoms with Gasteiger partial charge in [0, 0.05) is 11.9 Å². The van der Waals surface area contributed by atoms with Crippen LogP contribution >= 0.6 is 0 Å². The smallest absolute Gasteiger partial charge is 0.326 e. The van der Waals surface area contributed by atoms with Gasteiger partial charge >= 0.3 is 5.97 Å². The Morgan fingerprint density at radius 2 is 2.06 bits per heavy atom. The molecule has 0 radical (unpaired) electrons. The molecular formula is C12H16N2O3. The average Bonchev–Trinajstić information content (AvgIpc) is 2.25. The lowest BCUT2D eigenvalue weighted by Gasteiger charge is -2.18. The fourth-order valence-electron chi connectivity index (χ4n) is 1.46. The minimum atomic E-state index is -1.03. The van der Waals surface area contributed by atoms with E-state index in [0.29, 0.717) is 11.3 Å². The van der Waals surface area contributed by atoms with Crippen molar-refractivity contribution in [2.75, 3.05) is 0 Å². The van der Waals surface area contributed by atoms with Gasteiger partial charge in [0.25, 0.3) is 5.91 Å². The highest BCUT2D eigenvalue weighted by Crippen LogP contribution is 2.07. The molecule has 1 amide bonds. The Hall–Kier alpha value is -1.91. The van der Waals surface area contributed by atoms with Gasteiger partial charge < -0.3 is 10.4 Å². The van der Waals surface area contributed by atoms with E-state index in [1.807, 2.05) is 0 Å². The molecule has 92 valence electrons. The van der Waals surface area contributed by atoms with Crippen molar-refractivity contribution in [3.05, 3.63) is 29.6 Å². The Bertz CT molecular complexity index is 430. The molecule has 0 aromatic carbocycles. The number of carboxylic acid groups (broad SMARTS) is 1. The maximum atomic E-state index is 11.9. The van der Waals surface area contributed by atoms with Crippen LogP contribution in [-0.4, -0.2) is 28.0 Å². The van der Waals surface area contributed by atoms with E-state index in [2.05, 4.69) is 10.3 Å². The molecule has 0 aliphatic carbocycles. The summed E-state index contributed by atoms with van der Waals surface area (Å²) in [4.78, 5) is 26.8. The number of hydrogen-bond acceptors (Lipinski definition) is 3. The summed E-state index contributed by atoms with van der Waals surface area (Å²) in [5.74, 6) is -1.61. The maximum absolute atomic E-state index is 11.9. The predicted molar refractivity (Wildman–Crippen MR) is 62.7 cm³/mol. The van der Waals surface area contributed by atoms with Gasteiger partial charge in [0.2, 0.25) is 0 Å². The molecule has 1 aromatic rings. The summed E-state index contributed by atoms with van der Waals surface area (Å²) >= 11 is 0. The van der Waals surface area contributed by atoms with E-state index in [9.17, 15) is 9.59 Å². The Morgan fingerprint density at radius 1 is 1.41 bits per heavy atom. The quantitative estimate of drug-likeness (QED) is 0.824. The summed E-state index contributed by atoms with van der Waals surface area (Å²) in [5.41, 5.74) is 0.984. The highest BCUT2D eigenvalue weighted by molar-refractivity contribution is 5.97. The number of pyridine rings is 1. The van der Waals surface area contributed by atoms with Crippen LogP contribution < -0.4 is 5.32 Å². The summed E-state index contributed by atoms with van der Waals surface area (Å²) in [6, 6.07) is 2.38. The molecule has 2 N–H and O–H groups in total. The van der Waals surface area contributed by atoms with Crippen LogP contribution in [-0.2, 0) is 4.79 Å². The largest absolute Gasteiger partial charge is 0.480 e. The van der Waals surface area contributed by atoms with Crippen LogP contribution in [0.5, 0.6) is 0 Å². The average molecular weight is 236 g/mol. The molecule has 17 heavy (non-hydrogen) atoms. The van der Waals surface area contributed by atoms with E-state index in [1.54, 1.807) is 39.1 Å². The summed E-state index contributed by atoms with van der Waals surface area (Å²) in [7, 11) is 0. The van der Waals surface area contributed by atoms with Gasteiger partial charge in [-0.1, -0.05) is 13.8 Å². The third-order valence-electron chi connectivity index (χ3n) is 2.47. The van der Waals surface area contributed by atoms with E-state index in [-0.39, 0.29) is 5.92 Å². The molecule has 0 saturated carbocycles. The van der Waals surface area contributed by atoms with E-state index in [1.165, 1.54) is 0 Å². The molecule has 0 bridgehead atoms. The van der Waals surface area contributed by atoms with Crippen molar-refractivity contribution >= 4 is 11.9 Å². The standard InChI is InChI=1S/C12H16N2O3/c1-7(2)10(12(16)17)14-11(15)9-5-4-6-13-8(9)3/h4-7,10H,1-3H3,(H,14,15)(H,16,17). The van der Waals surface area contributed by atoms with Crippen LogP contribution in [0, 0.1) is 12.8 Å². The molecule has 0 aliphatic rings. The number of nitrogens with zero attached hydrogens (tertiary/aromatic N) is 1. The van der Waals surface area contributed by atoms with E-state index in [0.717, 1.165) is 0 Å². The van der Waals surface area contributed by atoms with Crippen LogP contribution in [0.2, 0.25) is 0 Å². The summed E-state index contributed by atoms with van der Waals surface area (Å²) in [5, 5.41) is 11.5. The summed E-state index contributed by atoms with van der Waals surface area (Å²) < 4.78 is 0. The maximum Gasteiger partial charge on any atom is 0.326 e. The first kappa shape index (κ1) is 13.2. The number of aromatic nitrogens is 1. The number of carboxylic acids is 1. The minimum Gasteiger partial charge on any atom is -0.480 e. The Balaban J connectivity index is 2.85. The van der Waals surface area contributed by atoms with Gasteiger partial charge in [0.05, 0.1) is 5.56 Å². The molecule has 0 aliphatic heterocycles. The van der Waals surface area contributed by atoms with E-state index < -0.39 is 17.9 Å². The Kier molecular flexibility index (Phi) is 4.20. The summed E-state index contributed by atoms with van der Waals surface area (Å²) in [6.45, 7) is 5.20. The lowest BCUT2D eigenvalue weighted by Crippen LogP contribution is -2.44. The minimum absolute atomic E-state index is 0.173. The predicted octanol–water partition coefficient (Wildman–Crippen LogP) is 1.23. The molecule has 5 heteroatoms. The number of aliphatic carboxylic acids is 1. The van der Waals surface area contributed by atoms with Crippen molar-refractivity contribution in [3.63, 3.8) is 0 Å². The van der Waals surface area contributed by atoms with Gasteiger partial charge in [0.15, 0.2) is 0 Å². The Labute approximate surface area is 99.9 Å². The second-order valence-electron chi connectivity index (χ2n) is 4.17. The molecule has 1 atom stereocenters. The van der Waals surface area contributed by atoms with Crippen LogP contribution in [0.25, 0.3) is 0 Å². The number of aryl methyl sites for hydroxylation is 1. The van der Waals surface area contributed by atoms with Crippen molar-refractivity contribution in [3.8, 4) is 0 Å². The first-order chi connectivity index (χ1) is 7.93. The number of hydrogen-bond donors (Lipinski definition) is 2. The van der Waals surface area contributed by atoms with E-state index in [4.69, 9.17) is 5.11 Å². The highest BCUT2D eigenvalue weighted by Gasteiger charge is 2.24. The van der Waals surface area contributed by atoms with Crippen molar-refractivity contribution < 1.29 is 14.7 Å². The second kappa shape index (κ2) is 5.43. The molecule has 0 saturated heterocycles. The lowest BCUT2D eigenvalue weighted by atomic mass is 10.0. The monoisotopic (exact) mass is 236 g/mol. The van der Waals surface area contributed by atoms with Gasteiger partial charge in [-0.2, -0.15) is 0 Å². The topological polar surface area (TPSA) is 79.3 Å². The zero-order valence-corrected chi connectivity index (χ0v) is 10.1. The zero-order chi connectivity index (χ0) is 13.0. The lowest BCUT2D eigenvalue weighted by molar-refractivity contribution is -0.140. The van der Waals surface area contributed by atoms with Crippen molar-refractivity contribution in [2.24, 2.45) is 5.92 Å². The van der Waals surface area contributed by atoms with Crippen LogP contribution in [0.1, 0.15) is 29.9 Å². The van der Waals surface area contributed by atoms with Gasteiger partial charge in [0.1, 0.15) is 6.04 Å². The second-order valence-corrected chi connectivity index (χ2v) is 4.17. The molecule has 0 spiro atoms. The van der Waals surface area contributed by atoms with E-state index >= 15 is 0 Å². The third kappa shape index (κ3) is 3.27. The van der Waals surface area contributed by atoms with Crippen molar-refractivity contribution in [1.29, 1.82) is 0 Å². The molecule has 1 unspecified atom stereocenters. The fourth-order valence-corrected chi connectivity index (χ4v) is 1.46. The van der Waals surface area contributed by atoms with Crippen molar-refractivity contribution in [1.82, 2.24) is 10.3 Å². The van der Waals surface area contributed by atoms with Gasteiger partial charge in [-0.25, -0.2) is 4.79 Å². The molecule has 0 fully saturated rings. The fraction of sp³-hybridized carbons (Fsp3) is 0.417. The molecule has 5 nitrogen and oxygen atoms in total. The first-order valence-electron chi connectivity index (χ1n) is 5.38. The number of nitrogens with one attached hydrogen (secondary N) is 1. The molecular weight excluding hydrogens is 220 g/mol. The molecule has 1 rings (SSSR count).